The fourth-order valence-electron chi connectivity index (χ4n) is 2.90. The number of rotatable bonds is 6. The van der Waals surface area contributed by atoms with E-state index in [9.17, 15) is 21.6 Å². The highest BCUT2D eigenvalue weighted by Gasteiger charge is 2.50. The summed E-state index contributed by atoms with van der Waals surface area (Å²) in [4.78, 5) is 4.50. The lowest BCUT2D eigenvalue weighted by atomic mass is 10.1. The Morgan fingerprint density at radius 3 is 2.50 bits per heavy atom. The van der Waals surface area contributed by atoms with E-state index in [1.807, 2.05) is 31.2 Å². The van der Waals surface area contributed by atoms with Crippen LogP contribution in [0.15, 0.2) is 29.3 Å². The van der Waals surface area contributed by atoms with Crippen LogP contribution in [0.25, 0.3) is 0 Å². The van der Waals surface area contributed by atoms with Crippen molar-refractivity contribution in [1.82, 2.24) is 14.9 Å². The summed E-state index contributed by atoms with van der Waals surface area (Å²) in [6.45, 7) is 2.50. The first-order chi connectivity index (χ1) is 13.2. The van der Waals surface area contributed by atoms with Gasteiger partial charge in [0.05, 0.1) is 13.7 Å². The molecule has 0 bridgehead atoms. The summed E-state index contributed by atoms with van der Waals surface area (Å²) in [5.74, 6) is 1.23. The summed E-state index contributed by atoms with van der Waals surface area (Å²) >= 11 is 0. The van der Waals surface area contributed by atoms with E-state index in [-0.39, 0.29) is 32.0 Å². The van der Waals surface area contributed by atoms with Crippen LogP contribution in [-0.2, 0) is 16.6 Å². The number of sulfonamides is 1. The normalized spacial score (nSPS) is 17.4. The van der Waals surface area contributed by atoms with Gasteiger partial charge in [0.1, 0.15) is 5.75 Å². The maximum Gasteiger partial charge on any atom is 0.511 e. The van der Waals surface area contributed by atoms with Gasteiger partial charge in [0, 0.05) is 31.2 Å². The highest BCUT2D eigenvalue weighted by Crippen LogP contribution is 2.29. The molecule has 0 amide bonds. The Morgan fingerprint density at radius 1 is 1.29 bits per heavy atom. The number of alkyl halides is 3. The summed E-state index contributed by atoms with van der Waals surface area (Å²) in [5, 5.41) is 6.26. The lowest BCUT2D eigenvalue weighted by Crippen LogP contribution is -2.51. The number of aliphatic imine (C=N–C) groups is 1. The molecule has 0 aromatic heterocycles. The number of nitrogens with one attached hydrogen (secondary N) is 2. The van der Waals surface area contributed by atoms with Crippen molar-refractivity contribution in [1.29, 1.82) is 0 Å². The molecule has 28 heavy (non-hydrogen) atoms. The van der Waals surface area contributed by atoms with Crippen LogP contribution in [-0.4, -0.2) is 57.0 Å². The summed E-state index contributed by atoms with van der Waals surface area (Å²) in [7, 11) is -3.69. The molecule has 1 aromatic carbocycles. The minimum Gasteiger partial charge on any atom is -0.496 e. The third-order valence-electron chi connectivity index (χ3n) is 4.37. The number of hydrogen-bond acceptors (Lipinski definition) is 4. The van der Waals surface area contributed by atoms with E-state index in [4.69, 9.17) is 4.74 Å². The van der Waals surface area contributed by atoms with Gasteiger partial charge in [0.2, 0.25) is 0 Å². The van der Waals surface area contributed by atoms with Crippen molar-refractivity contribution in [3.05, 3.63) is 29.8 Å². The monoisotopic (exact) mass is 422 g/mol. The second kappa shape index (κ2) is 9.46. The van der Waals surface area contributed by atoms with Crippen LogP contribution in [0.3, 0.4) is 0 Å². The molecule has 0 unspecified atom stereocenters. The SMILES string of the molecule is CCNC(=NCc1ccccc1OC)NC1CCN(S(=O)(=O)C(F)(F)F)CC1. The fraction of sp³-hybridized carbons (Fsp3) is 0.588. The van der Waals surface area contributed by atoms with E-state index in [2.05, 4.69) is 15.6 Å². The average Bonchev–Trinajstić information content (AvgIpc) is 2.66. The summed E-state index contributed by atoms with van der Waals surface area (Å²) in [6, 6.07) is 7.30. The maximum absolute atomic E-state index is 12.7. The van der Waals surface area contributed by atoms with Crippen molar-refractivity contribution in [3.8, 4) is 5.75 Å². The summed E-state index contributed by atoms with van der Waals surface area (Å²) < 4.78 is 66.8. The van der Waals surface area contributed by atoms with Crippen molar-refractivity contribution in [2.45, 2.75) is 37.9 Å². The van der Waals surface area contributed by atoms with Crippen molar-refractivity contribution >= 4 is 16.0 Å². The largest absolute Gasteiger partial charge is 0.511 e. The van der Waals surface area contributed by atoms with Crippen molar-refractivity contribution in [2.75, 3.05) is 26.7 Å². The number of methoxy groups -OCH3 is 1. The van der Waals surface area contributed by atoms with E-state index in [0.717, 1.165) is 5.56 Å². The zero-order valence-corrected chi connectivity index (χ0v) is 16.6. The predicted molar refractivity (Wildman–Crippen MR) is 101 cm³/mol. The lowest BCUT2D eigenvalue weighted by Gasteiger charge is -2.32. The van der Waals surface area contributed by atoms with E-state index in [1.54, 1.807) is 7.11 Å². The molecular formula is C17H25F3N4O3S. The topological polar surface area (TPSA) is 83.0 Å². The number of ether oxygens (including phenoxy) is 1. The van der Waals surface area contributed by atoms with Gasteiger partial charge in [0.25, 0.3) is 0 Å². The Labute approximate surface area is 163 Å². The highest BCUT2D eigenvalue weighted by atomic mass is 32.2. The quantitative estimate of drug-likeness (QED) is 0.542. The van der Waals surface area contributed by atoms with Gasteiger partial charge in [-0.2, -0.15) is 17.5 Å². The standard InChI is InChI=1S/C17H25F3N4O3S/c1-3-21-16(22-12-13-6-4-5-7-15(13)27-2)23-14-8-10-24(11-9-14)28(25,26)17(18,19)20/h4-7,14H,3,8-12H2,1-2H3,(H2,21,22,23). The molecule has 0 saturated carbocycles. The van der Waals surface area contributed by atoms with Gasteiger partial charge in [-0.3, -0.25) is 0 Å². The number of guanidine groups is 1. The molecule has 2 N–H and O–H groups in total. The Balaban J connectivity index is 1.98. The fourth-order valence-corrected chi connectivity index (χ4v) is 3.88. The van der Waals surface area contributed by atoms with Crippen LogP contribution in [0.1, 0.15) is 25.3 Å². The maximum atomic E-state index is 12.7. The molecule has 0 spiro atoms. The Kier molecular flexibility index (Phi) is 7.53. The van der Waals surface area contributed by atoms with E-state index in [0.29, 0.717) is 29.1 Å². The van der Waals surface area contributed by atoms with Gasteiger partial charge in [-0.15, -0.1) is 0 Å². The van der Waals surface area contributed by atoms with Crippen LogP contribution in [0, 0.1) is 0 Å². The van der Waals surface area contributed by atoms with Crippen molar-refractivity contribution in [2.24, 2.45) is 4.99 Å². The molecule has 0 radical (unpaired) electrons. The van der Waals surface area contributed by atoms with E-state index in [1.165, 1.54) is 0 Å². The van der Waals surface area contributed by atoms with Gasteiger partial charge in [-0.1, -0.05) is 18.2 Å². The Hall–Kier alpha value is -2.01. The molecule has 158 valence electrons. The average molecular weight is 422 g/mol. The van der Waals surface area contributed by atoms with E-state index >= 15 is 0 Å². The van der Waals surface area contributed by atoms with Gasteiger partial charge in [-0.25, -0.2) is 13.4 Å². The molecule has 0 aliphatic carbocycles. The van der Waals surface area contributed by atoms with E-state index < -0.39 is 15.5 Å². The first-order valence-electron chi connectivity index (χ1n) is 8.92. The minimum absolute atomic E-state index is 0.171. The van der Waals surface area contributed by atoms with Gasteiger partial charge >= 0.3 is 15.5 Å². The van der Waals surface area contributed by atoms with Crippen LogP contribution in [0.2, 0.25) is 0 Å². The van der Waals surface area contributed by atoms with Gasteiger partial charge < -0.3 is 15.4 Å². The molecule has 1 aliphatic heterocycles. The molecule has 1 aliphatic rings. The number of benzene rings is 1. The Bertz CT molecular complexity index is 776. The highest BCUT2D eigenvalue weighted by molar-refractivity contribution is 7.90. The van der Waals surface area contributed by atoms with Gasteiger partial charge in [0.15, 0.2) is 5.96 Å². The third kappa shape index (κ3) is 5.51. The van der Waals surface area contributed by atoms with Crippen LogP contribution in [0.5, 0.6) is 5.75 Å². The molecule has 1 heterocycles. The smallest absolute Gasteiger partial charge is 0.496 e. The first kappa shape index (κ1) is 22.3. The number of nitrogens with zero attached hydrogens (tertiary/aromatic N) is 2. The molecule has 11 heteroatoms. The predicted octanol–water partition coefficient (Wildman–Crippen LogP) is 2.06. The zero-order valence-electron chi connectivity index (χ0n) is 15.8. The second-order valence-corrected chi connectivity index (χ2v) is 8.20. The second-order valence-electron chi connectivity index (χ2n) is 6.28. The molecule has 2 rings (SSSR count). The number of para-hydroxylation sites is 1. The number of halogens is 3. The molecule has 1 saturated heterocycles. The Morgan fingerprint density at radius 2 is 1.93 bits per heavy atom. The van der Waals surface area contributed by atoms with Crippen molar-refractivity contribution in [3.63, 3.8) is 0 Å². The minimum atomic E-state index is -5.27. The van der Waals surface area contributed by atoms with Crippen LogP contribution in [0.4, 0.5) is 13.2 Å². The molecule has 7 nitrogen and oxygen atoms in total. The summed E-state index contributed by atoms with van der Waals surface area (Å²) in [6.07, 6.45) is 0.517. The molecular weight excluding hydrogens is 397 g/mol. The lowest BCUT2D eigenvalue weighted by molar-refractivity contribution is -0.0494. The molecule has 1 fully saturated rings. The van der Waals surface area contributed by atoms with Crippen LogP contribution < -0.4 is 15.4 Å². The summed E-state index contributed by atoms with van der Waals surface area (Å²) in [5.41, 5.74) is -4.37. The van der Waals surface area contributed by atoms with Gasteiger partial charge in [-0.05, 0) is 25.8 Å². The van der Waals surface area contributed by atoms with Crippen LogP contribution >= 0.6 is 0 Å². The zero-order chi connectivity index (χ0) is 20.8. The molecule has 1 aromatic rings. The third-order valence-corrected chi connectivity index (χ3v) is 6.00. The number of hydrogen-bond donors (Lipinski definition) is 2. The first-order valence-corrected chi connectivity index (χ1v) is 10.4. The molecule has 0 atom stereocenters. The van der Waals surface area contributed by atoms with Crippen molar-refractivity contribution < 1.29 is 26.3 Å². The number of piperidine rings is 1.